The maximum Gasteiger partial charge on any atom is 0.0774 e. The van der Waals surface area contributed by atoms with E-state index in [1.807, 2.05) is 42.5 Å². The van der Waals surface area contributed by atoms with Crippen LogP contribution in [0.4, 0.5) is 0 Å². The van der Waals surface area contributed by atoms with Gasteiger partial charge in [-0.1, -0.05) is 98.8 Å². The van der Waals surface area contributed by atoms with Gasteiger partial charge < -0.3 is 8.98 Å². The molecule has 299 valence electrons. The van der Waals surface area contributed by atoms with E-state index in [1.165, 1.54) is 27.8 Å². The molecule has 0 spiro atoms. The van der Waals surface area contributed by atoms with Gasteiger partial charge in [-0.15, -0.1) is 6.07 Å². The summed E-state index contributed by atoms with van der Waals surface area (Å²) in [4.78, 5) is 9.79. The summed E-state index contributed by atoms with van der Waals surface area (Å²) in [5, 5.41) is 0.780. The quantitative estimate of drug-likeness (QED) is 0.107. The van der Waals surface area contributed by atoms with Gasteiger partial charge in [0.1, 0.15) is 0 Å². The molecular formula is C52H55GeIrN3O-2. The van der Waals surface area contributed by atoms with Gasteiger partial charge in [0.15, 0.2) is 0 Å². The van der Waals surface area contributed by atoms with Gasteiger partial charge in [-0.05, 0) is 65.2 Å². The Bertz CT molecular complexity index is 2720. The van der Waals surface area contributed by atoms with Gasteiger partial charge in [-0.2, -0.15) is 0 Å². The third-order valence-electron chi connectivity index (χ3n) is 10.5. The molecule has 0 aliphatic rings. The fourth-order valence-electron chi connectivity index (χ4n) is 7.66. The van der Waals surface area contributed by atoms with E-state index in [0.717, 1.165) is 45.6 Å². The van der Waals surface area contributed by atoms with Crippen molar-refractivity contribution in [1.29, 1.82) is 0 Å². The van der Waals surface area contributed by atoms with Crippen LogP contribution in [-0.4, -0.2) is 27.8 Å². The maximum atomic E-state index is 7.81. The molecule has 0 aliphatic carbocycles. The molecule has 0 aliphatic heterocycles. The summed E-state index contributed by atoms with van der Waals surface area (Å²) in [6.45, 7) is 11.3. The third kappa shape index (κ3) is 9.18. The Balaban J connectivity index is 0.000000250. The van der Waals surface area contributed by atoms with Crippen molar-refractivity contribution in [3.8, 4) is 39.5 Å². The first kappa shape index (κ1) is 38.9. The number of hydrogen-bond acceptors (Lipinski definition) is 3. The van der Waals surface area contributed by atoms with Crippen LogP contribution < -0.4 is 4.40 Å². The van der Waals surface area contributed by atoms with Gasteiger partial charge >= 0.3 is 126 Å². The number of rotatable bonds is 9. The van der Waals surface area contributed by atoms with Gasteiger partial charge in [0.05, 0.1) is 16.9 Å². The summed E-state index contributed by atoms with van der Waals surface area (Å²) < 4.78 is 33.0. The predicted octanol–water partition coefficient (Wildman–Crippen LogP) is 13.8. The number of hydrogen-bond donors (Lipinski definition) is 0. The van der Waals surface area contributed by atoms with Gasteiger partial charge in [0.25, 0.3) is 0 Å². The molecule has 0 bridgehead atoms. The average Bonchev–Trinajstić information content (AvgIpc) is 3.81. The van der Waals surface area contributed by atoms with Crippen LogP contribution in [0.15, 0.2) is 126 Å². The number of pyridine rings is 1. The van der Waals surface area contributed by atoms with E-state index < -0.39 is 20.1 Å². The van der Waals surface area contributed by atoms with Crippen LogP contribution in [-0.2, 0) is 26.5 Å². The van der Waals surface area contributed by atoms with Crippen molar-refractivity contribution < 1.29 is 28.6 Å². The fraction of sp³-hybridized carbons (Fsp3) is 0.269. The van der Waals surface area contributed by atoms with Gasteiger partial charge in [-0.3, -0.25) is 4.98 Å². The molecular weight excluding hydrogens is 947 g/mol. The van der Waals surface area contributed by atoms with Gasteiger partial charge in [0, 0.05) is 41.8 Å². The number of para-hydroxylation sites is 2. The first-order chi connectivity index (χ1) is 28.5. The standard InChI is InChI=1S/C34H31N2O.C18H24GeN.Ir/c1-21(2)27-18-25(24-11-7-6-8-12-24)19-28(22(3)4)33(27)36-31-14-10-9-13-30(31)35-34(36)29-20-37-32-17-23(5)15-16-26(29)32;1-14(2)11-16-12-18(15-9-7-6-8-10-15)20-13-17(16)19(3,4)5;/h6-19,21-22H,1-5H3;6-9,12-14H,11H2,1-5H3;/q2*-1;/i5D3;;. The Morgan fingerprint density at radius 1 is 0.776 bits per heavy atom. The van der Waals surface area contributed by atoms with Gasteiger partial charge in [-0.25, -0.2) is 0 Å². The Hall–Kier alpha value is -4.55. The normalized spacial score (nSPS) is 12.7. The number of aromatic nitrogens is 3. The van der Waals surface area contributed by atoms with E-state index in [1.54, 1.807) is 22.6 Å². The zero-order valence-corrected chi connectivity index (χ0v) is 39.6. The van der Waals surface area contributed by atoms with Crippen molar-refractivity contribution in [3.05, 3.63) is 156 Å². The van der Waals surface area contributed by atoms with Crippen LogP contribution >= 0.6 is 0 Å². The molecule has 4 nitrogen and oxygen atoms in total. The average molecular weight is 1010 g/mol. The number of imidazole rings is 1. The Kier molecular flexibility index (Phi) is 12.2. The third-order valence-corrected chi connectivity index (χ3v) is 14.8. The van der Waals surface area contributed by atoms with Crippen LogP contribution in [0.3, 0.4) is 0 Å². The monoisotopic (exact) mass is 1010 g/mol. The van der Waals surface area contributed by atoms with Crippen LogP contribution in [0.5, 0.6) is 0 Å². The van der Waals surface area contributed by atoms with E-state index in [2.05, 4.69) is 137 Å². The van der Waals surface area contributed by atoms with Crippen molar-refractivity contribution in [2.45, 2.75) is 83.9 Å². The molecule has 58 heavy (non-hydrogen) atoms. The second kappa shape index (κ2) is 18.2. The Morgan fingerprint density at radius 3 is 2.10 bits per heavy atom. The number of benzene rings is 5. The minimum Gasteiger partial charge on any atom is -0.557 e. The van der Waals surface area contributed by atoms with E-state index in [4.69, 9.17) is 18.5 Å². The second-order valence-electron chi connectivity index (χ2n) is 17.1. The molecule has 3 heterocycles. The summed E-state index contributed by atoms with van der Waals surface area (Å²) >= 11 is -1.86. The summed E-state index contributed by atoms with van der Waals surface area (Å²) in [5.41, 5.74) is 12.9. The first-order valence-electron chi connectivity index (χ1n) is 21.6. The molecule has 0 atom stereocenters. The molecule has 5 aromatic carbocycles. The first-order valence-corrected chi connectivity index (χ1v) is 27.5. The molecule has 6 heteroatoms. The van der Waals surface area contributed by atoms with E-state index in [-0.39, 0.29) is 37.5 Å². The van der Waals surface area contributed by atoms with E-state index in [9.17, 15) is 0 Å². The predicted molar refractivity (Wildman–Crippen MR) is 243 cm³/mol. The zero-order chi connectivity index (χ0) is 42.9. The van der Waals surface area contributed by atoms with Crippen LogP contribution in [0.25, 0.3) is 61.5 Å². The molecule has 3 aromatic heterocycles. The molecule has 8 rings (SSSR count). The molecule has 0 saturated carbocycles. The number of nitrogens with zero attached hydrogens (tertiary/aromatic N) is 3. The van der Waals surface area contributed by atoms with E-state index >= 15 is 0 Å². The molecule has 8 aromatic rings. The van der Waals surface area contributed by atoms with Crippen molar-refractivity contribution >= 4 is 39.7 Å². The molecule has 0 fully saturated rings. The Labute approximate surface area is 366 Å². The van der Waals surface area contributed by atoms with Gasteiger partial charge in [0.2, 0.25) is 0 Å². The Morgan fingerprint density at radius 2 is 1.47 bits per heavy atom. The second-order valence-corrected chi connectivity index (χ2v) is 27.7. The zero-order valence-electron chi connectivity index (χ0n) is 38.1. The number of aryl methyl sites for hydroxylation is 1. The van der Waals surface area contributed by atoms with Crippen molar-refractivity contribution in [2.75, 3.05) is 0 Å². The summed E-state index contributed by atoms with van der Waals surface area (Å²) in [7, 11) is 0. The number of furan rings is 1. The van der Waals surface area contributed by atoms with E-state index in [0.29, 0.717) is 17.1 Å². The molecule has 0 N–H and O–H groups in total. The van der Waals surface area contributed by atoms with Crippen LogP contribution in [0.2, 0.25) is 17.3 Å². The van der Waals surface area contributed by atoms with Crippen molar-refractivity contribution in [1.82, 2.24) is 14.5 Å². The summed E-state index contributed by atoms with van der Waals surface area (Å²) in [6, 6.07) is 41.9. The molecule has 1 radical (unpaired) electrons. The smallest absolute Gasteiger partial charge is 0.0774 e. The fourth-order valence-corrected chi connectivity index (χ4v) is 11.0. The molecule has 0 saturated heterocycles. The SMILES string of the molecule is CC(C)Cc1cc(-c2[c-]cccc2)nc[c]1[Ge]([CH3])([CH3])[CH3].[2H]C([2H])([2H])c1ccc2c(-c3nc4ccccc4n3-c3c(C(C)C)cc(-c4ccccc4)cc3C(C)C)[c-]oc2c1.[Ir]. The minimum atomic E-state index is -2.22. The summed E-state index contributed by atoms with van der Waals surface area (Å²) in [6.07, 6.45) is 6.34. The van der Waals surface area contributed by atoms with Crippen LogP contribution in [0.1, 0.15) is 79.7 Å². The van der Waals surface area contributed by atoms with Crippen LogP contribution in [0, 0.1) is 25.1 Å². The summed E-state index contributed by atoms with van der Waals surface area (Å²) in [5.74, 6) is 9.21. The number of fused-ring (bicyclic) bond motifs is 2. The van der Waals surface area contributed by atoms with Crippen molar-refractivity contribution in [2.24, 2.45) is 5.92 Å². The molecule has 0 unspecified atom stereocenters. The topological polar surface area (TPSA) is 43.9 Å². The largest absolute Gasteiger partial charge is 0.557 e. The molecule has 0 amide bonds. The maximum absolute atomic E-state index is 7.81. The van der Waals surface area contributed by atoms with Crippen molar-refractivity contribution in [3.63, 3.8) is 0 Å². The minimum absolute atomic E-state index is 0.